The Hall–Kier alpha value is -1.56. The minimum Gasteiger partial charge on any atom is -0.370 e. The molecule has 2 aromatic heterocycles. The smallest absolute Gasteiger partial charge is 0.139 e. The van der Waals surface area contributed by atoms with E-state index in [1.807, 2.05) is 6.20 Å². The number of aromatic amines is 1. The number of benzene rings is 1. The molecule has 0 amide bonds. The van der Waals surface area contributed by atoms with Crippen LogP contribution in [0, 0.1) is 3.70 Å². The zero-order valence-corrected chi connectivity index (χ0v) is 12.6. The third-order valence-electron chi connectivity index (χ3n) is 3.75. The molecule has 1 aliphatic heterocycles. The van der Waals surface area contributed by atoms with Gasteiger partial charge in [0.2, 0.25) is 0 Å². The molecule has 0 radical (unpaired) electrons. The summed E-state index contributed by atoms with van der Waals surface area (Å²) in [5.41, 5.74) is 6.17. The number of hydrogen-bond acceptors (Lipinski definition) is 2. The number of anilines is 1. The maximum absolute atomic E-state index is 4.47. The molecular weight excluding hydrogens is 349 g/mol. The van der Waals surface area contributed by atoms with Crippen LogP contribution in [-0.4, -0.2) is 17.0 Å². The molecule has 0 bridgehead atoms. The van der Waals surface area contributed by atoms with Crippen LogP contribution in [0.5, 0.6) is 0 Å². The van der Waals surface area contributed by atoms with Crippen molar-refractivity contribution < 1.29 is 0 Å². The minimum atomic E-state index is 0.911. The number of halogens is 1. The van der Waals surface area contributed by atoms with E-state index in [4.69, 9.17) is 0 Å². The number of hydrogen-bond donors (Lipinski definition) is 1. The fourth-order valence-corrected chi connectivity index (χ4v) is 3.58. The molecule has 3 nitrogen and oxygen atoms in total. The van der Waals surface area contributed by atoms with E-state index >= 15 is 0 Å². The molecule has 4 rings (SSSR count). The largest absolute Gasteiger partial charge is 0.370 e. The number of aromatic nitrogens is 2. The first-order chi connectivity index (χ1) is 9.25. The van der Waals surface area contributed by atoms with E-state index in [2.05, 4.69) is 74.8 Å². The molecule has 0 fully saturated rings. The van der Waals surface area contributed by atoms with Gasteiger partial charge < -0.3 is 9.88 Å². The predicted octanol–water partition coefficient (Wildman–Crippen LogP) is 3.78. The van der Waals surface area contributed by atoms with Crippen molar-refractivity contribution in [3.05, 3.63) is 45.8 Å². The van der Waals surface area contributed by atoms with E-state index in [-0.39, 0.29) is 0 Å². The van der Waals surface area contributed by atoms with E-state index in [0.717, 1.165) is 12.2 Å². The molecule has 1 N–H and O–H groups in total. The van der Waals surface area contributed by atoms with Crippen LogP contribution in [0.25, 0.3) is 22.2 Å². The molecule has 4 heteroatoms. The average molecular weight is 361 g/mol. The summed E-state index contributed by atoms with van der Waals surface area (Å²) in [5.74, 6) is 0. The van der Waals surface area contributed by atoms with E-state index < -0.39 is 0 Å². The Bertz CT molecular complexity index is 791. The molecule has 0 aliphatic carbocycles. The second-order valence-electron chi connectivity index (χ2n) is 4.87. The second kappa shape index (κ2) is 3.96. The van der Waals surface area contributed by atoms with Gasteiger partial charge in [0.15, 0.2) is 0 Å². The normalized spacial score (nSPS) is 13.5. The molecular formula is C15H12IN3. The van der Waals surface area contributed by atoms with Crippen LogP contribution in [0.1, 0.15) is 5.56 Å². The number of nitrogens with zero attached hydrogens (tertiary/aromatic N) is 2. The molecule has 94 valence electrons. The quantitative estimate of drug-likeness (QED) is 0.618. The van der Waals surface area contributed by atoms with Crippen LogP contribution in [0.3, 0.4) is 0 Å². The summed E-state index contributed by atoms with van der Waals surface area (Å²) in [4.78, 5) is 10.2. The number of fused-ring (bicyclic) bond motifs is 2. The van der Waals surface area contributed by atoms with Gasteiger partial charge in [-0.3, -0.25) is 0 Å². The van der Waals surface area contributed by atoms with Crippen molar-refractivity contribution in [2.75, 3.05) is 11.9 Å². The first-order valence-electron chi connectivity index (χ1n) is 6.21. The lowest BCUT2D eigenvalue weighted by atomic mass is 10.0. The predicted molar refractivity (Wildman–Crippen MR) is 86.4 cm³/mol. The van der Waals surface area contributed by atoms with Gasteiger partial charge in [-0.25, -0.2) is 4.98 Å². The molecule has 19 heavy (non-hydrogen) atoms. The molecule has 0 saturated heterocycles. The Labute approximate surface area is 124 Å². The highest BCUT2D eigenvalue weighted by Gasteiger charge is 2.22. The number of nitrogens with one attached hydrogen (secondary N) is 1. The van der Waals surface area contributed by atoms with Crippen molar-refractivity contribution in [3.63, 3.8) is 0 Å². The fourth-order valence-electron chi connectivity index (χ4n) is 2.88. The number of pyridine rings is 1. The summed E-state index contributed by atoms with van der Waals surface area (Å²) >= 11 is 2.37. The average Bonchev–Trinajstić information content (AvgIpc) is 2.67. The number of H-pyrrole nitrogens is 1. The van der Waals surface area contributed by atoms with Gasteiger partial charge in [0.1, 0.15) is 5.65 Å². The van der Waals surface area contributed by atoms with Crippen molar-refractivity contribution in [2.45, 2.75) is 6.54 Å². The van der Waals surface area contributed by atoms with Crippen molar-refractivity contribution in [2.24, 2.45) is 0 Å². The van der Waals surface area contributed by atoms with E-state index in [0.29, 0.717) is 0 Å². The Balaban J connectivity index is 2.19. The Morgan fingerprint density at radius 1 is 1.21 bits per heavy atom. The van der Waals surface area contributed by atoms with Crippen molar-refractivity contribution in [3.8, 4) is 11.1 Å². The molecule has 3 aromatic rings. The third kappa shape index (κ3) is 1.52. The summed E-state index contributed by atoms with van der Waals surface area (Å²) in [7, 11) is 2.15. The lowest BCUT2D eigenvalue weighted by Gasteiger charge is -2.19. The standard InChI is InChI=1S/C15H12IN3/c1-19-8-11-13-10(9-4-2-3-5-12(9)19)6-7-17-15(13)18-14(11)16/h2-7H,8H2,1H3,(H,17,18). The van der Waals surface area contributed by atoms with E-state index in [9.17, 15) is 0 Å². The van der Waals surface area contributed by atoms with Crippen LogP contribution < -0.4 is 4.90 Å². The summed E-state index contributed by atoms with van der Waals surface area (Å²) < 4.78 is 1.19. The topological polar surface area (TPSA) is 31.9 Å². The first-order valence-corrected chi connectivity index (χ1v) is 7.29. The zero-order chi connectivity index (χ0) is 13.0. The lowest BCUT2D eigenvalue weighted by Crippen LogP contribution is -2.16. The molecule has 1 aliphatic rings. The summed E-state index contributed by atoms with van der Waals surface area (Å²) in [6, 6.07) is 10.7. The van der Waals surface area contributed by atoms with Crippen LogP contribution in [0.4, 0.5) is 5.69 Å². The lowest BCUT2D eigenvalue weighted by molar-refractivity contribution is 0.929. The Morgan fingerprint density at radius 2 is 2.05 bits per heavy atom. The molecule has 0 unspecified atom stereocenters. The van der Waals surface area contributed by atoms with Crippen LogP contribution in [0.2, 0.25) is 0 Å². The van der Waals surface area contributed by atoms with Gasteiger partial charge in [-0.1, -0.05) is 18.2 Å². The highest BCUT2D eigenvalue weighted by Crippen LogP contribution is 2.40. The van der Waals surface area contributed by atoms with Crippen LogP contribution in [-0.2, 0) is 6.54 Å². The Morgan fingerprint density at radius 3 is 2.95 bits per heavy atom. The molecule has 0 atom stereocenters. The van der Waals surface area contributed by atoms with Crippen molar-refractivity contribution >= 4 is 39.3 Å². The van der Waals surface area contributed by atoms with Crippen molar-refractivity contribution in [1.29, 1.82) is 0 Å². The first kappa shape index (κ1) is 11.3. The summed E-state index contributed by atoms with van der Waals surface area (Å²) in [5, 5.41) is 1.27. The number of para-hydroxylation sites is 1. The molecule has 1 aromatic carbocycles. The second-order valence-corrected chi connectivity index (χ2v) is 5.95. The molecule has 3 heterocycles. The van der Waals surface area contributed by atoms with Gasteiger partial charge >= 0.3 is 0 Å². The van der Waals surface area contributed by atoms with Crippen molar-refractivity contribution in [1.82, 2.24) is 9.97 Å². The van der Waals surface area contributed by atoms with Gasteiger partial charge in [0.25, 0.3) is 0 Å². The zero-order valence-electron chi connectivity index (χ0n) is 10.4. The third-order valence-corrected chi connectivity index (χ3v) is 4.67. The highest BCUT2D eigenvalue weighted by molar-refractivity contribution is 14.1. The van der Waals surface area contributed by atoms with Gasteiger partial charge in [-0.2, -0.15) is 0 Å². The maximum Gasteiger partial charge on any atom is 0.139 e. The molecule has 0 saturated carbocycles. The maximum atomic E-state index is 4.47. The monoisotopic (exact) mass is 361 g/mol. The van der Waals surface area contributed by atoms with E-state index in [1.165, 1.54) is 31.5 Å². The Kier molecular flexibility index (Phi) is 2.35. The summed E-state index contributed by atoms with van der Waals surface area (Å²) in [6.07, 6.45) is 1.89. The van der Waals surface area contributed by atoms with E-state index in [1.54, 1.807) is 0 Å². The molecule has 0 spiro atoms. The summed E-state index contributed by atoms with van der Waals surface area (Å²) in [6.45, 7) is 0.911. The van der Waals surface area contributed by atoms with Crippen LogP contribution >= 0.6 is 22.6 Å². The van der Waals surface area contributed by atoms with Gasteiger partial charge in [0.05, 0.1) is 3.70 Å². The minimum absolute atomic E-state index is 0.911. The van der Waals surface area contributed by atoms with Gasteiger partial charge in [-0.15, -0.1) is 0 Å². The highest BCUT2D eigenvalue weighted by atomic mass is 127. The number of rotatable bonds is 0. The fraction of sp³-hybridized carbons (Fsp3) is 0.133. The van der Waals surface area contributed by atoms with Gasteiger partial charge in [0, 0.05) is 42.0 Å². The van der Waals surface area contributed by atoms with Gasteiger partial charge in [-0.05, 0) is 40.3 Å². The van der Waals surface area contributed by atoms with Crippen LogP contribution in [0.15, 0.2) is 36.5 Å². The SMILES string of the molecule is CN1Cc2c(I)[nH]c3nccc(c23)-c2ccccc21.